The third kappa shape index (κ3) is 6.88. The van der Waals surface area contributed by atoms with Crippen LogP contribution in [0.5, 0.6) is 0 Å². The number of hydrogen-bond donors (Lipinski definition) is 2. The summed E-state index contributed by atoms with van der Waals surface area (Å²) in [5, 5.41) is 6.57. The molecule has 2 N–H and O–H groups in total. The summed E-state index contributed by atoms with van der Waals surface area (Å²) in [5.74, 6) is 1.70. The summed E-state index contributed by atoms with van der Waals surface area (Å²) in [6.07, 6.45) is 5.46. The van der Waals surface area contributed by atoms with Gasteiger partial charge in [-0.2, -0.15) is 0 Å². The van der Waals surface area contributed by atoms with Crippen LogP contribution in [0.15, 0.2) is 40.5 Å². The SMILES string of the molecule is C=CCNC(=NCCc1ccco1)NC(C)COC1CCOC1. The van der Waals surface area contributed by atoms with Crippen LogP contribution in [0.2, 0.25) is 0 Å². The molecule has 0 spiro atoms. The number of nitrogens with zero attached hydrogens (tertiary/aromatic N) is 1. The quantitative estimate of drug-likeness (QED) is 0.412. The number of aliphatic imine (C=N–C) groups is 1. The Balaban J connectivity index is 1.74. The monoisotopic (exact) mass is 321 g/mol. The summed E-state index contributed by atoms with van der Waals surface area (Å²) in [7, 11) is 0. The van der Waals surface area contributed by atoms with E-state index in [9.17, 15) is 0 Å². The molecule has 1 aliphatic rings. The lowest BCUT2D eigenvalue weighted by atomic mass is 10.3. The van der Waals surface area contributed by atoms with Crippen molar-refractivity contribution in [1.82, 2.24) is 10.6 Å². The fourth-order valence-electron chi connectivity index (χ4n) is 2.25. The number of guanidine groups is 1. The second-order valence-corrected chi connectivity index (χ2v) is 5.59. The van der Waals surface area contributed by atoms with Crippen LogP contribution in [-0.4, -0.2) is 51.0 Å². The van der Waals surface area contributed by atoms with Crippen molar-refractivity contribution in [1.29, 1.82) is 0 Å². The van der Waals surface area contributed by atoms with Gasteiger partial charge < -0.3 is 24.5 Å². The van der Waals surface area contributed by atoms with Gasteiger partial charge in [-0.25, -0.2) is 0 Å². The molecule has 1 aromatic heterocycles. The molecule has 0 amide bonds. The van der Waals surface area contributed by atoms with E-state index in [-0.39, 0.29) is 12.1 Å². The minimum absolute atomic E-state index is 0.162. The van der Waals surface area contributed by atoms with E-state index in [4.69, 9.17) is 13.9 Å². The lowest BCUT2D eigenvalue weighted by molar-refractivity contribution is 0.0347. The molecule has 1 saturated heterocycles. The molecule has 0 aliphatic carbocycles. The van der Waals surface area contributed by atoms with E-state index in [2.05, 4.69) is 29.1 Å². The molecule has 6 nitrogen and oxygen atoms in total. The van der Waals surface area contributed by atoms with Crippen LogP contribution in [-0.2, 0) is 15.9 Å². The smallest absolute Gasteiger partial charge is 0.191 e. The molecule has 0 radical (unpaired) electrons. The molecule has 128 valence electrons. The van der Waals surface area contributed by atoms with E-state index in [0.29, 0.717) is 26.3 Å². The lowest BCUT2D eigenvalue weighted by Crippen LogP contribution is -2.44. The maximum Gasteiger partial charge on any atom is 0.191 e. The predicted molar refractivity (Wildman–Crippen MR) is 90.7 cm³/mol. The summed E-state index contributed by atoms with van der Waals surface area (Å²) < 4.78 is 16.5. The molecule has 1 aliphatic heterocycles. The molecule has 2 unspecified atom stereocenters. The Bertz CT molecular complexity index is 467. The number of hydrogen-bond acceptors (Lipinski definition) is 4. The highest BCUT2D eigenvalue weighted by molar-refractivity contribution is 5.80. The first-order valence-electron chi connectivity index (χ1n) is 8.15. The summed E-state index contributed by atoms with van der Waals surface area (Å²) in [5.41, 5.74) is 0. The van der Waals surface area contributed by atoms with Gasteiger partial charge in [0.05, 0.1) is 25.6 Å². The number of nitrogens with one attached hydrogen (secondary N) is 2. The standard InChI is InChI=1S/C17H27N3O3/c1-3-8-18-17(19-9-6-15-5-4-10-22-15)20-14(2)12-23-16-7-11-21-13-16/h3-5,10,14,16H,1,6-9,11-13H2,2H3,(H2,18,19,20). The Morgan fingerprint density at radius 1 is 1.61 bits per heavy atom. The minimum Gasteiger partial charge on any atom is -0.469 e. The van der Waals surface area contributed by atoms with Crippen molar-refractivity contribution in [2.75, 3.05) is 32.9 Å². The van der Waals surface area contributed by atoms with Crippen molar-refractivity contribution in [3.8, 4) is 0 Å². The highest BCUT2D eigenvalue weighted by Crippen LogP contribution is 2.08. The summed E-state index contributed by atoms with van der Waals surface area (Å²) in [6.45, 7) is 9.24. The van der Waals surface area contributed by atoms with E-state index < -0.39 is 0 Å². The van der Waals surface area contributed by atoms with E-state index in [0.717, 1.165) is 31.2 Å². The number of ether oxygens (including phenoxy) is 2. The van der Waals surface area contributed by atoms with Crippen molar-refractivity contribution in [2.45, 2.75) is 31.9 Å². The summed E-state index contributed by atoms with van der Waals surface area (Å²) >= 11 is 0. The first-order valence-corrected chi connectivity index (χ1v) is 8.15. The van der Waals surface area contributed by atoms with E-state index in [1.807, 2.05) is 12.1 Å². The highest BCUT2D eigenvalue weighted by atomic mass is 16.5. The van der Waals surface area contributed by atoms with E-state index in [1.165, 1.54) is 0 Å². The van der Waals surface area contributed by atoms with Gasteiger partial charge in [0.1, 0.15) is 5.76 Å². The van der Waals surface area contributed by atoms with Crippen molar-refractivity contribution in [3.05, 3.63) is 36.8 Å². The maximum atomic E-state index is 5.83. The Morgan fingerprint density at radius 2 is 2.52 bits per heavy atom. The Hall–Kier alpha value is -1.79. The van der Waals surface area contributed by atoms with Gasteiger partial charge in [0.15, 0.2) is 5.96 Å². The highest BCUT2D eigenvalue weighted by Gasteiger charge is 2.17. The molecule has 1 aromatic rings. The zero-order chi connectivity index (χ0) is 16.3. The molecule has 1 fully saturated rings. The molecule has 0 bridgehead atoms. The fraction of sp³-hybridized carbons (Fsp3) is 0.588. The van der Waals surface area contributed by atoms with Crippen molar-refractivity contribution < 1.29 is 13.9 Å². The molecule has 0 saturated carbocycles. The zero-order valence-corrected chi connectivity index (χ0v) is 13.8. The largest absolute Gasteiger partial charge is 0.469 e. The van der Waals surface area contributed by atoms with Crippen LogP contribution in [0, 0.1) is 0 Å². The first kappa shape index (κ1) is 17.6. The molecule has 2 rings (SSSR count). The maximum absolute atomic E-state index is 5.83. The van der Waals surface area contributed by atoms with E-state index >= 15 is 0 Å². The average molecular weight is 321 g/mol. The van der Waals surface area contributed by atoms with Gasteiger partial charge in [0.25, 0.3) is 0 Å². The van der Waals surface area contributed by atoms with Crippen LogP contribution in [0.4, 0.5) is 0 Å². The number of rotatable bonds is 9. The lowest BCUT2D eigenvalue weighted by Gasteiger charge is -2.19. The Morgan fingerprint density at radius 3 is 3.22 bits per heavy atom. The van der Waals surface area contributed by atoms with Crippen LogP contribution in [0.1, 0.15) is 19.1 Å². The van der Waals surface area contributed by atoms with Gasteiger partial charge in [-0.3, -0.25) is 4.99 Å². The van der Waals surface area contributed by atoms with Crippen LogP contribution >= 0.6 is 0 Å². The Labute approximate surface area is 137 Å². The third-order valence-electron chi connectivity index (χ3n) is 3.48. The molecule has 23 heavy (non-hydrogen) atoms. The zero-order valence-electron chi connectivity index (χ0n) is 13.8. The fourth-order valence-corrected chi connectivity index (χ4v) is 2.25. The molecule has 2 heterocycles. The molecular weight excluding hydrogens is 294 g/mol. The third-order valence-corrected chi connectivity index (χ3v) is 3.48. The second-order valence-electron chi connectivity index (χ2n) is 5.59. The van der Waals surface area contributed by atoms with Crippen molar-refractivity contribution in [2.24, 2.45) is 4.99 Å². The first-order chi connectivity index (χ1) is 11.3. The van der Waals surface area contributed by atoms with E-state index in [1.54, 1.807) is 12.3 Å². The molecule has 6 heteroatoms. The predicted octanol–water partition coefficient (Wildman–Crippen LogP) is 1.74. The van der Waals surface area contributed by atoms with Gasteiger partial charge in [-0.15, -0.1) is 6.58 Å². The topological polar surface area (TPSA) is 68.0 Å². The van der Waals surface area contributed by atoms with Crippen molar-refractivity contribution >= 4 is 5.96 Å². The average Bonchev–Trinajstić information content (AvgIpc) is 3.24. The normalized spacial score (nSPS) is 19.5. The van der Waals surface area contributed by atoms with Gasteiger partial charge in [-0.05, 0) is 25.5 Å². The molecule has 2 atom stereocenters. The van der Waals surface area contributed by atoms with Gasteiger partial charge in [-0.1, -0.05) is 6.08 Å². The Kier molecular flexibility index (Phi) is 7.69. The number of furan rings is 1. The van der Waals surface area contributed by atoms with Crippen LogP contribution in [0.25, 0.3) is 0 Å². The summed E-state index contributed by atoms with van der Waals surface area (Å²) in [6, 6.07) is 4.01. The molecular formula is C17H27N3O3. The summed E-state index contributed by atoms with van der Waals surface area (Å²) in [4.78, 5) is 4.56. The van der Waals surface area contributed by atoms with Gasteiger partial charge in [0.2, 0.25) is 0 Å². The van der Waals surface area contributed by atoms with Crippen LogP contribution < -0.4 is 10.6 Å². The molecule has 0 aromatic carbocycles. The van der Waals surface area contributed by atoms with Gasteiger partial charge >= 0.3 is 0 Å². The second kappa shape index (κ2) is 10.1. The van der Waals surface area contributed by atoms with Gasteiger partial charge in [0, 0.05) is 32.2 Å². The van der Waals surface area contributed by atoms with Crippen molar-refractivity contribution in [3.63, 3.8) is 0 Å². The van der Waals surface area contributed by atoms with Crippen LogP contribution in [0.3, 0.4) is 0 Å². The minimum atomic E-state index is 0.162.